The minimum Gasteiger partial charge on any atom is -0.508 e. The maximum absolute atomic E-state index is 11.0. The number of aromatic hydroxyl groups is 1. The van der Waals surface area contributed by atoms with E-state index in [2.05, 4.69) is 4.90 Å². The van der Waals surface area contributed by atoms with Crippen LogP contribution in [0.4, 0.5) is 0 Å². The van der Waals surface area contributed by atoms with Gasteiger partial charge in [-0.15, -0.1) is 0 Å². The molecule has 6 heteroatoms. The number of carboxylic acid groups (broad SMARTS) is 1. The first-order valence-electron chi connectivity index (χ1n) is 6.95. The zero-order chi connectivity index (χ0) is 15.4. The van der Waals surface area contributed by atoms with Gasteiger partial charge in [-0.3, -0.25) is 9.69 Å². The zero-order valence-electron chi connectivity index (χ0n) is 12.3. The second kappa shape index (κ2) is 7.04. The number of carbonyl (C=O) groups is 1. The van der Waals surface area contributed by atoms with Crippen molar-refractivity contribution in [3.63, 3.8) is 0 Å². The van der Waals surface area contributed by atoms with Gasteiger partial charge in [0.25, 0.3) is 0 Å². The molecule has 1 aliphatic heterocycles. The van der Waals surface area contributed by atoms with Crippen LogP contribution < -0.4 is 4.74 Å². The normalized spacial score (nSPS) is 21.0. The predicted octanol–water partition coefficient (Wildman–Crippen LogP) is 2.35. The van der Waals surface area contributed by atoms with Crippen LogP contribution >= 0.6 is 11.8 Å². The Balaban J connectivity index is 2.23. The lowest BCUT2D eigenvalue weighted by Gasteiger charge is -2.39. The molecule has 21 heavy (non-hydrogen) atoms. The average Bonchev–Trinajstić information content (AvgIpc) is 2.47. The van der Waals surface area contributed by atoms with E-state index in [0.717, 1.165) is 23.6 Å². The number of ether oxygens (including phenoxy) is 1. The van der Waals surface area contributed by atoms with Gasteiger partial charge >= 0.3 is 5.97 Å². The molecular weight excluding hydrogens is 290 g/mol. The van der Waals surface area contributed by atoms with E-state index in [0.29, 0.717) is 5.75 Å². The molecule has 2 unspecified atom stereocenters. The molecule has 0 amide bonds. The first-order chi connectivity index (χ1) is 10.0. The summed E-state index contributed by atoms with van der Waals surface area (Å²) in [5.41, 5.74) is 0.775. The summed E-state index contributed by atoms with van der Waals surface area (Å²) in [6.45, 7) is 2.82. The highest BCUT2D eigenvalue weighted by Crippen LogP contribution is 2.35. The number of phenolic OH excluding ortho intramolecular Hbond substituents is 1. The van der Waals surface area contributed by atoms with Crippen molar-refractivity contribution in [1.29, 1.82) is 0 Å². The van der Waals surface area contributed by atoms with E-state index < -0.39 is 5.97 Å². The number of benzene rings is 1. The topological polar surface area (TPSA) is 70.0 Å². The molecule has 2 rings (SSSR count). The van der Waals surface area contributed by atoms with Gasteiger partial charge in [-0.05, 0) is 25.1 Å². The van der Waals surface area contributed by atoms with Crippen LogP contribution in [0.2, 0.25) is 0 Å². The van der Waals surface area contributed by atoms with Gasteiger partial charge < -0.3 is 14.9 Å². The Hall–Kier alpha value is -1.40. The smallest absolute Gasteiger partial charge is 0.304 e. The summed E-state index contributed by atoms with van der Waals surface area (Å²) in [5.74, 6) is 1.91. The molecule has 0 aliphatic carbocycles. The first-order valence-corrected chi connectivity index (χ1v) is 8.10. The van der Waals surface area contributed by atoms with Gasteiger partial charge in [-0.25, -0.2) is 0 Å². The van der Waals surface area contributed by atoms with Gasteiger partial charge in [-0.1, -0.05) is 0 Å². The molecule has 1 aliphatic rings. The second-order valence-electron chi connectivity index (χ2n) is 5.17. The largest absolute Gasteiger partial charge is 0.508 e. The van der Waals surface area contributed by atoms with Gasteiger partial charge in [0.2, 0.25) is 0 Å². The van der Waals surface area contributed by atoms with Gasteiger partial charge in [-0.2, -0.15) is 11.8 Å². The molecular formula is C15H21NO4S. The summed E-state index contributed by atoms with van der Waals surface area (Å²) in [6.07, 6.45) is 0.127. The van der Waals surface area contributed by atoms with Crippen LogP contribution in [0.25, 0.3) is 0 Å². The lowest BCUT2D eigenvalue weighted by Crippen LogP contribution is -2.44. The third kappa shape index (κ3) is 3.83. The standard InChI is InChI=1S/C15H21NO4S/c1-10(13-8-12(20-2)3-4-14(13)17)16-5-6-21-9-11(16)7-15(18)19/h3-4,8,10-11,17H,5-7,9H2,1-2H3,(H,18,19). The van der Waals surface area contributed by atoms with Crippen LogP contribution in [0, 0.1) is 0 Å². The van der Waals surface area contributed by atoms with Gasteiger partial charge in [0.05, 0.1) is 13.5 Å². The number of phenols is 1. The van der Waals surface area contributed by atoms with Crippen LogP contribution in [-0.2, 0) is 4.79 Å². The summed E-state index contributed by atoms with van der Waals surface area (Å²) in [7, 11) is 1.59. The minimum atomic E-state index is -0.783. The number of rotatable bonds is 5. The zero-order valence-corrected chi connectivity index (χ0v) is 13.1. The van der Waals surface area contributed by atoms with Crippen molar-refractivity contribution in [2.24, 2.45) is 0 Å². The van der Waals surface area contributed by atoms with Gasteiger partial charge in [0.15, 0.2) is 0 Å². The molecule has 1 saturated heterocycles. The molecule has 1 aromatic rings. The lowest BCUT2D eigenvalue weighted by atomic mass is 10.0. The van der Waals surface area contributed by atoms with E-state index in [1.54, 1.807) is 31.0 Å². The SMILES string of the molecule is COc1ccc(O)c(C(C)N2CCSCC2CC(=O)O)c1. The van der Waals surface area contributed by atoms with E-state index in [-0.39, 0.29) is 24.3 Å². The Labute approximate surface area is 128 Å². The van der Waals surface area contributed by atoms with Crippen molar-refractivity contribution in [3.8, 4) is 11.5 Å². The van der Waals surface area contributed by atoms with Crippen LogP contribution in [0.5, 0.6) is 11.5 Å². The molecule has 0 bridgehead atoms. The highest BCUT2D eigenvalue weighted by molar-refractivity contribution is 7.99. The first kappa shape index (κ1) is 16.0. The Morgan fingerprint density at radius 3 is 3.00 bits per heavy atom. The number of thioether (sulfide) groups is 1. The van der Waals surface area contributed by atoms with Crippen LogP contribution in [-0.4, -0.2) is 52.3 Å². The summed E-state index contributed by atoms with van der Waals surface area (Å²) in [4.78, 5) is 13.2. The van der Waals surface area contributed by atoms with Crippen molar-refractivity contribution >= 4 is 17.7 Å². The third-order valence-corrected chi connectivity index (χ3v) is 4.96. The highest BCUT2D eigenvalue weighted by atomic mass is 32.2. The third-order valence-electron chi connectivity index (χ3n) is 3.87. The molecule has 1 aromatic carbocycles. The van der Waals surface area contributed by atoms with E-state index in [9.17, 15) is 9.90 Å². The fourth-order valence-corrected chi connectivity index (χ4v) is 3.82. The van der Waals surface area contributed by atoms with Gasteiger partial charge in [0.1, 0.15) is 11.5 Å². The number of methoxy groups -OCH3 is 1. The second-order valence-corrected chi connectivity index (χ2v) is 6.31. The van der Waals surface area contributed by atoms with Crippen molar-refractivity contribution in [1.82, 2.24) is 4.90 Å². The van der Waals surface area contributed by atoms with E-state index in [4.69, 9.17) is 9.84 Å². The van der Waals surface area contributed by atoms with E-state index >= 15 is 0 Å². The summed E-state index contributed by atoms with van der Waals surface area (Å²) >= 11 is 1.78. The maximum Gasteiger partial charge on any atom is 0.304 e. The molecule has 2 N–H and O–H groups in total. The van der Waals surface area contributed by atoms with Gasteiger partial charge in [0, 0.05) is 35.7 Å². The monoisotopic (exact) mass is 311 g/mol. The predicted molar refractivity (Wildman–Crippen MR) is 83.1 cm³/mol. The van der Waals surface area contributed by atoms with E-state index in [1.165, 1.54) is 0 Å². The molecule has 0 saturated carbocycles. The maximum atomic E-state index is 11.0. The molecule has 2 atom stereocenters. The number of hydrogen-bond donors (Lipinski definition) is 2. The average molecular weight is 311 g/mol. The number of hydrogen-bond acceptors (Lipinski definition) is 5. The fourth-order valence-electron chi connectivity index (χ4n) is 2.73. The van der Waals surface area contributed by atoms with Crippen molar-refractivity contribution in [3.05, 3.63) is 23.8 Å². The minimum absolute atomic E-state index is 0.0122. The summed E-state index contributed by atoms with van der Waals surface area (Å²) < 4.78 is 5.21. The van der Waals surface area contributed by atoms with Crippen LogP contribution in [0.3, 0.4) is 0 Å². The molecule has 5 nitrogen and oxygen atoms in total. The molecule has 0 radical (unpaired) electrons. The Bertz CT molecular complexity index is 508. The summed E-state index contributed by atoms with van der Waals surface area (Å²) in [6, 6.07) is 5.09. The molecule has 1 fully saturated rings. The molecule has 1 heterocycles. The molecule has 116 valence electrons. The Morgan fingerprint density at radius 2 is 2.33 bits per heavy atom. The quantitative estimate of drug-likeness (QED) is 0.870. The van der Waals surface area contributed by atoms with Crippen LogP contribution in [0.15, 0.2) is 18.2 Å². The number of nitrogens with zero attached hydrogens (tertiary/aromatic N) is 1. The van der Waals surface area contributed by atoms with Crippen molar-refractivity contribution in [2.75, 3.05) is 25.2 Å². The van der Waals surface area contributed by atoms with E-state index in [1.807, 2.05) is 13.0 Å². The fraction of sp³-hybridized carbons (Fsp3) is 0.533. The lowest BCUT2D eigenvalue weighted by molar-refractivity contribution is -0.138. The Kier molecular flexibility index (Phi) is 5.36. The number of aliphatic carboxylic acids is 1. The molecule has 0 spiro atoms. The van der Waals surface area contributed by atoms with Crippen LogP contribution in [0.1, 0.15) is 24.9 Å². The van der Waals surface area contributed by atoms with Crippen molar-refractivity contribution < 1.29 is 19.7 Å². The number of carboxylic acids is 1. The Morgan fingerprint density at radius 1 is 1.57 bits per heavy atom. The summed E-state index contributed by atoms with van der Waals surface area (Å²) in [5, 5.41) is 19.2. The highest BCUT2D eigenvalue weighted by Gasteiger charge is 2.30. The van der Waals surface area contributed by atoms with Crippen molar-refractivity contribution in [2.45, 2.75) is 25.4 Å². The molecule has 0 aromatic heterocycles.